The smallest absolute Gasteiger partial charge is 0.321 e. The molecule has 29 heavy (non-hydrogen) atoms. The van der Waals surface area contributed by atoms with Gasteiger partial charge in [-0.2, -0.15) is 0 Å². The molecule has 6 N–H and O–H groups in total. The minimum Gasteiger partial charge on any atom is -0.480 e. The van der Waals surface area contributed by atoms with Crippen molar-refractivity contribution in [1.82, 2.24) is 5.32 Å². The molecule has 3 rings (SSSR count). The van der Waals surface area contributed by atoms with Crippen LogP contribution in [-0.2, 0) is 15.1 Å². The number of nitrogens with one attached hydrogen (secondary N) is 1. The van der Waals surface area contributed by atoms with E-state index in [9.17, 15) is 14.7 Å². The Labute approximate surface area is 169 Å². The number of carbonyl (C=O) groups excluding carboxylic acids is 1. The van der Waals surface area contributed by atoms with E-state index in [2.05, 4.69) is 5.32 Å². The van der Waals surface area contributed by atoms with Gasteiger partial charge in [0.05, 0.1) is 12.0 Å². The first-order valence-corrected chi connectivity index (χ1v) is 8.99. The van der Waals surface area contributed by atoms with Crippen molar-refractivity contribution >= 4 is 11.9 Å². The first-order valence-electron chi connectivity index (χ1n) is 8.99. The average Bonchev–Trinajstić information content (AvgIpc) is 2.72. The Morgan fingerprint density at radius 2 is 1.14 bits per heavy atom. The highest BCUT2D eigenvalue weighted by molar-refractivity contribution is 5.83. The highest BCUT2D eigenvalue weighted by Crippen LogP contribution is 2.37. The fourth-order valence-corrected chi connectivity index (χ4v) is 3.48. The maximum absolute atomic E-state index is 11.9. The Kier molecular flexibility index (Phi) is 7.25. The number of nitrogens with two attached hydrogens (primary N) is 1. The number of carbonyl (C=O) groups is 2. The maximum atomic E-state index is 11.9. The zero-order valence-corrected chi connectivity index (χ0v) is 15.8. The molecular weight excluding hydrogens is 368 g/mol. The predicted octanol–water partition coefficient (Wildman–Crippen LogP) is 2.07. The monoisotopic (exact) mass is 392 g/mol. The Bertz CT molecular complexity index is 834. The van der Waals surface area contributed by atoms with Crippen LogP contribution in [0.2, 0.25) is 0 Å². The molecule has 0 saturated heterocycles. The minimum atomic E-state index is -1.15. The van der Waals surface area contributed by atoms with Crippen LogP contribution < -0.4 is 11.1 Å². The summed E-state index contributed by atoms with van der Waals surface area (Å²) in [6, 6.07) is 27.6. The normalized spacial score (nSPS) is 11.9. The molecule has 6 heteroatoms. The summed E-state index contributed by atoms with van der Waals surface area (Å²) in [5.41, 5.74) is 6.95. The van der Waals surface area contributed by atoms with Crippen molar-refractivity contribution in [2.45, 2.75) is 18.0 Å². The molecule has 0 heterocycles. The number of hydrogen-bond donors (Lipinski definition) is 3. The molecule has 0 aliphatic rings. The van der Waals surface area contributed by atoms with E-state index in [1.807, 2.05) is 91.0 Å². The lowest BCUT2D eigenvalue weighted by atomic mass is 9.76. The molecule has 0 spiro atoms. The van der Waals surface area contributed by atoms with Gasteiger partial charge >= 0.3 is 5.97 Å². The van der Waals surface area contributed by atoms with E-state index in [1.54, 1.807) is 0 Å². The van der Waals surface area contributed by atoms with Gasteiger partial charge in [-0.05, 0) is 16.7 Å². The topological polar surface area (TPSA) is 124 Å². The minimum absolute atomic E-state index is 0. The molecule has 1 atom stereocenters. The Balaban J connectivity index is 0.00000300. The lowest BCUT2D eigenvalue weighted by Gasteiger charge is -2.39. The van der Waals surface area contributed by atoms with Gasteiger partial charge in [0.15, 0.2) is 0 Å². The number of benzene rings is 3. The summed E-state index contributed by atoms with van der Waals surface area (Å²) < 4.78 is 0. The van der Waals surface area contributed by atoms with Crippen molar-refractivity contribution in [2.24, 2.45) is 5.73 Å². The number of aliphatic carboxylic acids is 1. The third kappa shape index (κ3) is 4.68. The molecule has 3 aromatic rings. The van der Waals surface area contributed by atoms with Crippen LogP contribution in [0.4, 0.5) is 0 Å². The van der Waals surface area contributed by atoms with Gasteiger partial charge in [0.1, 0.15) is 6.04 Å². The second-order valence-electron chi connectivity index (χ2n) is 6.55. The van der Waals surface area contributed by atoms with Gasteiger partial charge in [0, 0.05) is 0 Å². The van der Waals surface area contributed by atoms with Crippen LogP contribution in [-0.4, -0.2) is 28.5 Å². The summed E-state index contributed by atoms with van der Waals surface area (Å²) in [7, 11) is 0. The van der Waals surface area contributed by atoms with E-state index in [-0.39, 0.29) is 11.9 Å². The number of hydrogen-bond acceptors (Lipinski definition) is 3. The van der Waals surface area contributed by atoms with Gasteiger partial charge in [-0.3, -0.25) is 14.9 Å². The molecule has 150 valence electrons. The molecule has 3 aromatic carbocycles. The van der Waals surface area contributed by atoms with E-state index in [1.165, 1.54) is 0 Å². The molecule has 0 saturated carbocycles. The van der Waals surface area contributed by atoms with Crippen LogP contribution in [0, 0.1) is 0 Å². The fourth-order valence-electron chi connectivity index (χ4n) is 3.48. The number of carboxylic acids is 1. The molecule has 0 aliphatic heterocycles. The summed E-state index contributed by atoms with van der Waals surface area (Å²) in [5, 5.41) is 13.0. The lowest BCUT2D eigenvalue weighted by Crippen LogP contribution is -2.53. The quantitative estimate of drug-likeness (QED) is 0.508. The van der Waals surface area contributed by atoms with Crippen molar-refractivity contribution in [3.63, 3.8) is 0 Å². The lowest BCUT2D eigenvalue weighted by molar-refractivity contribution is -0.141. The summed E-state index contributed by atoms with van der Waals surface area (Å²) >= 11 is 0. The first-order chi connectivity index (χ1) is 13.5. The van der Waals surface area contributed by atoms with Crippen molar-refractivity contribution in [1.29, 1.82) is 0 Å². The Morgan fingerprint density at radius 1 is 0.793 bits per heavy atom. The highest BCUT2D eigenvalue weighted by atomic mass is 16.4. The molecule has 1 amide bonds. The molecule has 0 unspecified atom stereocenters. The molecule has 0 aliphatic carbocycles. The van der Waals surface area contributed by atoms with Gasteiger partial charge in [0.25, 0.3) is 0 Å². The Hall–Kier alpha value is -3.48. The van der Waals surface area contributed by atoms with Crippen molar-refractivity contribution < 1.29 is 20.2 Å². The molecule has 6 nitrogen and oxygen atoms in total. The van der Waals surface area contributed by atoms with Gasteiger partial charge in [-0.25, -0.2) is 0 Å². The molecule has 0 aromatic heterocycles. The number of rotatable bonds is 8. The zero-order valence-electron chi connectivity index (χ0n) is 15.8. The molecular formula is C23H24N2O4. The van der Waals surface area contributed by atoms with Crippen LogP contribution in [0.3, 0.4) is 0 Å². The van der Waals surface area contributed by atoms with Gasteiger partial charge in [0.2, 0.25) is 5.91 Å². The first kappa shape index (κ1) is 21.8. The van der Waals surface area contributed by atoms with E-state index in [0.717, 1.165) is 16.7 Å². The largest absolute Gasteiger partial charge is 0.480 e. The van der Waals surface area contributed by atoms with E-state index < -0.39 is 23.5 Å². The van der Waals surface area contributed by atoms with Crippen molar-refractivity contribution in [3.8, 4) is 0 Å². The van der Waals surface area contributed by atoms with Crippen LogP contribution >= 0.6 is 0 Å². The summed E-state index contributed by atoms with van der Waals surface area (Å²) in [6.07, 6.45) is -0.316. The standard InChI is InChI=1S/C23H22N2O3.H2O/c24-21(26)16-20(22(27)28)25-23(17-10-4-1-5-11-17,18-12-6-2-7-13-18)19-14-8-3-9-15-19;/h1-15,20,25H,16H2,(H2,24,26)(H,27,28);1H2/t20-;/m1./s1. The number of carboxylic acid groups (broad SMARTS) is 1. The predicted molar refractivity (Wildman–Crippen MR) is 111 cm³/mol. The van der Waals surface area contributed by atoms with Crippen LogP contribution in [0.1, 0.15) is 23.1 Å². The summed E-state index contributed by atoms with van der Waals surface area (Å²) in [6.45, 7) is 0. The second kappa shape index (κ2) is 9.64. The molecule has 0 fully saturated rings. The van der Waals surface area contributed by atoms with Gasteiger partial charge < -0.3 is 16.3 Å². The second-order valence-corrected chi connectivity index (χ2v) is 6.55. The highest BCUT2D eigenvalue weighted by Gasteiger charge is 2.40. The summed E-state index contributed by atoms with van der Waals surface area (Å²) in [4.78, 5) is 23.5. The van der Waals surface area contributed by atoms with E-state index in [0.29, 0.717) is 0 Å². The maximum Gasteiger partial charge on any atom is 0.321 e. The van der Waals surface area contributed by atoms with Crippen molar-refractivity contribution in [3.05, 3.63) is 108 Å². The molecule has 0 bridgehead atoms. The summed E-state index contributed by atoms with van der Waals surface area (Å²) in [5.74, 6) is -1.81. The number of primary amides is 1. The SMILES string of the molecule is NC(=O)C[C@@H](NC(c1ccccc1)(c1ccccc1)c1ccccc1)C(=O)O.O. The van der Waals surface area contributed by atoms with E-state index >= 15 is 0 Å². The average molecular weight is 392 g/mol. The molecule has 0 radical (unpaired) electrons. The van der Waals surface area contributed by atoms with Crippen LogP contribution in [0.15, 0.2) is 91.0 Å². The van der Waals surface area contributed by atoms with Crippen LogP contribution in [0.25, 0.3) is 0 Å². The zero-order chi connectivity index (χ0) is 20.0. The van der Waals surface area contributed by atoms with Crippen LogP contribution in [0.5, 0.6) is 0 Å². The van der Waals surface area contributed by atoms with Gasteiger partial charge in [-0.1, -0.05) is 91.0 Å². The fraction of sp³-hybridized carbons (Fsp3) is 0.130. The number of amides is 1. The third-order valence-electron chi connectivity index (χ3n) is 4.71. The Morgan fingerprint density at radius 3 is 1.41 bits per heavy atom. The third-order valence-corrected chi connectivity index (χ3v) is 4.71. The van der Waals surface area contributed by atoms with E-state index in [4.69, 9.17) is 5.73 Å². The van der Waals surface area contributed by atoms with Gasteiger partial charge in [-0.15, -0.1) is 0 Å². The van der Waals surface area contributed by atoms with Crippen molar-refractivity contribution in [2.75, 3.05) is 0 Å².